The maximum absolute atomic E-state index is 9.39. The van der Waals surface area contributed by atoms with Crippen LogP contribution < -0.4 is 0 Å². The van der Waals surface area contributed by atoms with Crippen LogP contribution in [0.1, 0.15) is 25.0 Å². The van der Waals surface area contributed by atoms with Crippen molar-refractivity contribution in [2.75, 3.05) is 0 Å². The van der Waals surface area contributed by atoms with Crippen LogP contribution >= 0.6 is 11.8 Å². The fourth-order valence-corrected chi connectivity index (χ4v) is 2.01. The first-order valence-electron chi connectivity index (χ1n) is 4.95. The van der Waals surface area contributed by atoms with Crippen LogP contribution in [0.5, 0.6) is 0 Å². The molecule has 84 valence electrons. The molecule has 1 aromatic rings. The molecule has 0 radical (unpaired) electrons. The molecule has 0 saturated carbocycles. The van der Waals surface area contributed by atoms with E-state index >= 15 is 0 Å². The van der Waals surface area contributed by atoms with Gasteiger partial charge in [-0.2, -0.15) is 0 Å². The van der Waals surface area contributed by atoms with Gasteiger partial charge < -0.3 is 10.2 Å². The largest absolute Gasteiger partial charge is 0.392 e. The minimum absolute atomic E-state index is 0.0186. The predicted octanol–water partition coefficient (Wildman–Crippen LogP) is 1.74. The summed E-state index contributed by atoms with van der Waals surface area (Å²) in [5.41, 5.74) is 1.86. The zero-order chi connectivity index (χ0) is 11.4. The molecule has 0 spiro atoms. The van der Waals surface area contributed by atoms with E-state index in [9.17, 15) is 5.11 Å². The molecule has 0 aliphatic rings. The number of rotatable bonds is 4. The predicted molar refractivity (Wildman–Crippen MR) is 61.9 cm³/mol. The molecule has 2 unspecified atom stereocenters. The molecule has 2 N–H and O–H groups in total. The third-order valence-corrected chi connectivity index (χ3v) is 3.66. The van der Waals surface area contributed by atoms with Crippen molar-refractivity contribution < 1.29 is 10.2 Å². The molecular formula is C11H17NO2S. The fraction of sp³-hybridized carbons (Fsp3) is 0.545. The number of aromatic nitrogens is 1. The number of aryl methyl sites for hydroxylation is 1. The summed E-state index contributed by atoms with van der Waals surface area (Å²) in [4.78, 5) is 4.26. The van der Waals surface area contributed by atoms with Gasteiger partial charge in [0.05, 0.1) is 17.7 Å². The van der Waals surface area contributed by atoms with Crippen LogP contribution in [-0.2, 0) is 6.61 Å². The van der Waals surface area contributed by atoms with Crippen LogP contribution in [0.15, 0.2) is 17.3 Å². The second-order valence-corrected chi connectivity index (χ2v) is 5.05. The summed E-state index contributed by atoms with van der Waals surface area (Å²) in [5.74, 6) is 0. The highest BCUT2D eigenvalue weighted by Gasteiger charge is 2.12. The Morgan fingerprint density at radius 1 is 1.47 bits per heavy atom. The average molecular weight is 227 g/mol. The number of hydrogen-bond acceptors (Lipinski definition) is 4. The Hall–Kier alpha value is -0.580. The van der Waals surface area contributed by atoms with Gasteiger partial charge in [0, 0.05) is 11.4 Å². The normalized spacial score (nSPS) is 15.0. The molecule has 0 amide bonds. The maximum atomic E-state index is 9.39. The van der Waals surface area contributed by atoms with E-state index in [1.165, 1.54) is 0 Å². The smallest absolute Gasteiger partial charge is 0.0992 e. The second-order valence-electron chi connectivity index (χ2n) is 3.69. The number of nitrogens with zero attached hydrogens (tertiary/aromatic N) is 1. The van der Waals surface area contributed by atoms with Crippen molar-refractivity contribution in [3.63, 3.8) is 0 Å². The summed E-state index contributed by atoms with van der Waals surface area (Å²) in [5, 5.41) is 19.4. The van der Waals surface area contributed by atoms with Crippen molar-refractivity contribution in [1.82, 2.24) is 4.98 Å². The van der Waals surface area contributed by atoms with Crippen molar-refractivity contribution in [3.05, 3.63) is 23.4 Å². The molecule has 15 heavy (non-hydrogen) atoms. The lowest BCUT2D eigenvalue weighted by atomic mass is 10.2. The van der Waals surface area contributed by atoms with E-state index in [2.05, 4.69) is 4.98 Å². The summed E-state index contributed by atoms with van der Waals surface area (Å²) >= 11 is 1.55. The molecular weight excluding hydrogens is 210 g/mol. The van der Waals surface area contributed by atoms with Gasteiger partial charge in [-0.3, -0.25) is 0 Å². The van der Waals surface area contributed by atoms with Gasteiger partial charge in [-0.25, -0.2) is 4.98 Å². The molecule has 0 saturated heterocycles. The van der Waals surface area contributed by atoms with E-state index in [4.69, 9.17) is 5.11 Å². The Kier molecular flexibility index (Phi) is 4.57. The average Bonchev–Trinajstić information content (AvgIpc) is 2.20. The third-order valence-electron chi connectivity index (χ3n) is 2.25. The fourth-order valence-electron chi connectivity index (χ4n) is 1.10. The van der Waals surface area contributed by atoms with Crippen molar-refractivity contribution >= 4 is 11.8 Å². The van der Waals surface area contributed by atoms with E-state index in [1.807, 2.05) is 19.9 Å². The summed E-state index contributed by atoms with van der Waals surface area (Å²) in [6.07, 6.45) is 1.32. The van der Waals surface area contributed by atoms with Gasteiger partial charge in [0.15, 0.2) is 0 Å². The molecule has 0 aliphatic carbocycles. The summed E-state index contributed by atoms with van der Waals surface area (Å²) < 4.78 is 0. The zero-order valence-corrected chi connectivity index (χ0v) is 10.1. The highest BCUT2D eigenvalue weighted by Crippen LogP contribution is 2.26. The lowest BCUT2D eigenvalue weighted by Gasteiger charge is -2.14. The molecule has 0 fully saturated rings. The van der Waals surface area contributed by atoms with Crippen molar-refractivity contribution in [3.8, 4) is 0 Å². The quantitative estimate of drug-likeness (QED) is 0.769. The van der Waals surface area contributed by atoms with Gasteiger partial charge >= 0.3 is 0 Å². The molecule has 4 heteroatoms. The monoisotopic (exact) mass is 227 g/mol. The molecule has 0 aromatic carbocycles. The first-order chi connectivity index (χ1) is 7.04. The minimum Gasteiger partial charge on any atom is -0.392 e. The standard InChI is InChI=1S/C11H17NO2S/c1-7-4-10(6-13)5-12-11(7)15-9(3)8(2)14/h4-5,8-9,13-14H,6H2,1-3H3. The molecule has 1 aromatic heterocycles. The summed E-state index contributed by atoms with van der Waals surface area (Å²) in [6, 6.07) is 1.92. The van der Waals surface area contributed by atoms with Gasteiger partial charge in [0.2, 0.25) is 0 Å². The van der Waals surface area contributed by atoms with Crippen molar-refractivity contribution in [1.29, 1.82) is 0 Å². The van der Waals surface area contributed by atoms with Gasteiger partial charge in [-0.1, -0.05) is 6.92 Å². The van der Waals surface area contributed by atoms with E-state index in [0.717, 1.165) is 16.2 Å². The molecule has 3 nitrogen and oxygen atoms in total. The third kappa shape index (κ3) is 3.48. The number of pyridine rings is 1. The van der Waals surface area contributed by atoms with Crippen molar-refractivity contribution in [2.45, 2.75) is 43.8 Å². The zero-order valence-electron chi connectivity index (χ0n) is 9.27. The first-order valence-corrected chi connectivity index (χ1v) is 5.83. The van der Waals surface area contributed by atoms with E-state index in [0.29, 0.717) is 0 Å². The van der Waals surface area contributed by atoms with E-state index < -0.39 is 0 Å². The molecule has 1 heterocycles. The van der Waals surface area contributed by atoms with Crippen LogP contribution in [0.4, 0.5) is 0 Å². The Labute approximate surface area is 94.6 Å². The highest BCUT2D eigenvalue weighted by molar-refractivity contribution is 7.99. The van der Waals surface area contributed by atoms with Crippen LogP contribution in [0, 0.1) is 6.92 Å². The maximum Gasteiger partial charge on any atom is 0.0992 e. The topological polar surface area (TPSA) is 53.4 Å². The Morgan fingerprint density at radius 3 is 2.60 bits per heavy atom. The van der Waals surface area contributed by atoms with Gasteiger partial charge in [0.1, 0.15) is 0 Å². The van der Waals surface area contributed by atoms with Crippen LogP contribution in [-0.4, -0.2) is 26.6 Å². The lowest BCUT2D eigenvalue weighted by Crippen LogP contribution is -2.15. The number of hydrogen-bond donors (Lipinski definition) is 2. The van der Waals surface area contributed by atoms with Gasteiger partial charge in [0.25, 0.3) is 0 Å². The van der Waals surface area contributed by atoms with E-state index in [1.54, 1.807) is 24.9 Å². The molecule has 0 aliphatic heterocycles. The molecule has 1 rings (SSSR count). The van der Waals surface area contributed by atoms with Crippen LogP contribution in [0.25, 0.3) is 0 Å². The molecule has 2 atom stereocenters. The number of aliphatic hydroxyl groups excluding tert-OH is 2. The van der Waals surface area contributed by atoms with Crippen LogP contribution in [0.3, 0.4) is 0 Å². The Morgan fingerprint density at radius 2 is 2.13 bits per heavy atom. The summed E-state index contributed by atoms with van der Waals surface area (Å²) in [7, 11) is 0. The second kappa shape index (κ2) is 5.49. The number of aliphatic hydroxyl groups is 2. The first kappa shape index (κ1) is 12.5. The van der Waals surface area contributed by atoms with Gasteiger partial charge in [-0.15, -0.1) is 11.8 Å². The van der Waals surface area contributed by atoms with E-state index in [-0.39, 0.29) is 18.0 Å². The lowest BCUT2D eigenvalue weighted by molar-refractivity contribution is 0.196. The molecule has 0 bridgehead atoms. The van der Waals surface area contributed by atoms with Crippen LogP contribution in [0.2, 0.25) is 0 Å². The summed E-state index contributed by atoms with van der Waals surface area (Å²) in [6.45, 7) is 5.72. The van der Waals surface area contributed by atoms with Gasteiger partial charge in [-0.05, 0) is 31.0 Å². The Bertz CT molecular complexity index is 328. The minimum atomic E-state index is -0.353. The SMILES string of the molecule is Cc1cc(CO)cnc1SC(C)C(C)O. The highest BCUT2D eigenvalue weighted by atomic mass is 32.2. The Balaban J connectivity index is 2.78. The van der Waals surface area contributed by atoms with Crippen molar-refractivity contribution in [2.24, 2.45) is 0 Å². The number of thioether (sulfide) groups is 1.